The number of alkyl halides is 3. The molecule has 1 atom stereocenters. The molecule has 2 N–H and O–H groups in total. The van der Waals surface area contributed by atoms with Gasteiger partial charge in [-0.2, -0.15) is 0 Å². The monoisotopic (exact) mass is 345 g/mol. The minimum absolute atomic E-state index is 0.0838. The number of ether oxygens (including phenoxy) is 1. The molecule has 2 rings (SSSR count). The lowest BCUT2D eigenvalue weighted by Crippen LogP contribution is -2.38. The van der Waals surface area contributed by atoms with E-state index in [0.717, 1.165) is 18.4 Å². The van der Waals surface area contributed by atoms with Crippen LogP contribution in [0.4, 0.5) is 13.2 Å². The van der Waals surface area contributed by atoms with Crippen molar-refractivity contribution in [1.82, 2.24) is 5.32 Å². The van der Waals surface area contributed by atoms with Gasteiger partial charge in [0.15, 0.2) is 0 Å². The Labute approximate surface area is 139 Å². The highest BCUT2D eigenvalue weighted by molar-refractivity contribution is 5.77. The molecular weight excluding hydrogens is 323 g/mol. The van der Waals surface area contributed by atoms with E-state index in [0.29, 0.717) is 12.8 Å². The molecule has 1 aromatic rings. The smallest absolute Gasteiger partial charge is 0.406 e. The van der Waals surface area contributed by atoms with Crippen LogP contribution in [0, 0.1) is 0 Å². The number of hydrogen-bond acceptors (Lipinski definition) is 3. The van der Waals surface area contributed by atoms with Gasteiger partial charge in [0.05, 0.1) is 6.10 Å². The molecule has 0 aliphatic heterocycles. The summed E-state index contributed by atoms with van der Waals surface area (Å²) in [5.74, 6) is -0.470. The van der Waals surface area contributed by atoms with Crippen molar-refractivity contribution in [3.8, 4) is 5.75 Å². The van der Waals surface area contributed by atoms with E-state index in [-0.39, 0.29) is 36.1 Å². The van der Waals surface area contributed by atoms with Crippen molar-refractivity contribution < 1.29 is 27.8 Å². The van der Waals surface area contributed by atoms with E-state index in [1.54, 1.807) is 0 Å². The fourth-order valence-electron chi connectivity index (χ4n) is 2.90. The second kappa shape index (κ2) is 7.88. The van der Waals surface area contributed by atoms with Crippen LogP contribution < -0.4 is 10.1 Å². The topological polar surface area (TPSA) is 58.6 Å². The Morgan fingerprint density at radius 3 is 2.38 bits per heavy atom. The lowest BCUT2D eigenvalue weighted by molar-refractivity contribution is -0.274. The van der Waals surface area contributed by atoms with Crippen molar-refractivity contribution in [2.24, 2.45) is 0 Å². The molecule has 4 nitrogen and oxygen atoms in total. The van der Waals surface area contributed by atoms with Crippen molar-refractivity contribution in [3.05, 3.63) is 29.8 Å². The van der Waals surface area contributed by atoms with Gasteiger partial charge in [0.1, 0.15) is 5.75 Å². The van der Waals surface area contributed by atoms with Crippen molar-refractivity contribution in [2.45, 2.75) is 63.5 Å². The van der Waals surface area contributed by atoms with E-state index in [2.05, 4.69) is 10.1 Å². The fourth-order valence-corrected chi connectivity index (χ4v) is 2.90. The average Bonchev–Trinajstić information content (AvgIpc) is 2.48. The van der Waals surface area contributed by atoms with Crippen molar-refractivity contribution in [2.75, 3.05) is 0 Å². The van der Waals surface area contributed by atoms with Crippen LogP contribution in [-0.2, 0) is 4.79 Å². The summed E-state index contributed by atoms with van der Waals surface area (Å²) in [7, 11) is 0. The third-order valence-electron chi connectivity index (χ3n) is 4.24. The third kappa shape index (κ3) is 6.03. The first-order valence-electron chi connectivity index (χ1n) is 8.06. The first kappa shape index (κ1) is 18.6. The summed E-state index contributed by atoms with van der Waals surface area (Å²) in [4.78, 5) is 12.1. The molecule has 1 aliphatic carbocycles. The van der Waals surface area contributed by atoms with E-state index in [1.807, 2.05) is 6.92 Å². The van der Waals surface area contributed by atoms with Gasteiger partial charge in [-0.25, -0.2) is 0 Å². The molecule has 0 aromatic heterocycles. The molecule has 24 heavy (non-hydrogen) atoms. The number of aliphatic hydroxyl groups is 1. The molecule has 1 amide bonds. The maximum atomic E-state index is 12.1. The van der Waals surface area contributed by atoms with E-state index in [4.69, 9.17) is 0 Å². The van der Waals surface area contributed by atoms with Crippen LogP contribution in [0.15, 0.2) is 24.3 Å². The van der Waals surface area contributed by atoms with Gasteiger partial charge < -0.3 is 15.2 Å². The number of halogens is 3. The highest BCUT2D eigenvalue weighted by Crippen LogP contribution is 2.26. The van der Waals surface area contributed by atoms with Crippen LogP contribution >= 0.6 is 0 Å². The Morgan fingerprint density at radius 1 is 1.25 bits per heavy atom. The van der Waals surface area contributed by atoms with Crippen LogP contribution in [0.3, 0.4) is 0 Å². The van der Waals surface area contributed by atoms with Gasteiger partial charge in [-0.3, -0.25) is 4.79 Å². The lowest BCUT2D eigenvalue weighted by atomic mass is 9.92. The number of amides is 1. The summed E-state index contributed by atoms with van der Waals surface area (Å²) < 4.78 is 40.2. The maximum absolute atomic E-state index is 12.1. The van der Waals surface area contributed by atoms with Gasteiger partial charge in [0.2, 0.25) is 5.91 Å². The van der Waals surface area contributed by atoms with E-state index in [9.17, 15) is 23.1 Å². The fraction of sp³-hybridized carbons (Fsp3) is 0.588. The summed E-state index contributed by atoms with van der Waals surface area (Å²) in [5.41, 5.74) is 0.777. The molecule has 1 fully saturated rings. The second-order valence-electron chi connectivity index (χ2n) is 6.29. The maximum Gasteiger partial charge on any atom is 0.573 e. The Balaban J connectivity index is 1.83. The molecule has 0 saturated heterocycles. The second-order valence-corrected chi connectivity index (χ2v) is 6.29. The minimum atomic E-state index is -4.71. The van der Waals surface area contributed by atoms with Gasteiger partial charge >= 0.3 is 6.36 Å². The molecule has 1 saturated carbocycles. The molecular formula is C17H22F3NO3. The highest BCUT2D eigenvalue weighted by Gasteiger charge is 2.31. The molecule has 0 bridgehead atoms. The predicted molar refractivity (Wildman–Crippen MR) is 82.6 cm³/mol. The Bertz CT molecular complexity index is 537. The minimum Gasteiger partial charge on any atom is -0.406 e. The number of hydrogen-bond donors (Lipinski definition) is 2. The average molecular weight is 345 g/mol. The molecule has 0 radical (unpaired) electrons. The molecule has 0 heterocycles. The number of aliphatic hydroxyl groups excluding tert-OH is 1. The molecule has 7 heteroatoms. The Kier molecular flexibility index (Phi) is 6.10. The third-order valence-corrected chi connectivity index (χ3v) is 4.24. The SMILES string of the molecule is CC(CC(=O)NC1CCC(O)CC1)c1ccc(OC(F)(F)F)cc1. The summed E-state index contributed by atoms with van der Waals surface area (Å²) in [6, 6.07) is 5.67. The quantitative estimate of drug-likeness (QED) is 0.859. The normalized spacial score (nSPS) is 22.7. The largest absolute Gasteiger partial charge is 0.573 e. The van der Waals surface area contributed by atoms with Crippen molar-refractivity contribution in [1.29, 1.82) is 0 Å². The van der Waals surface area contributed by atoms with Gasteiger partial charge in [0.25, 0.3) is 0 Å². The van der Waals surface area contributed by atoms with Crippen LogP contribution in [0.1, 0.15) is 50.5 Å². The number of carbonyl (C=O) groups is 1. The number of rotatable bonds is 5. The van der Waals surface area contributed by atoms with Crippen LogP contribution in [-0.4, -0.2) is 29.5 Å². The number of benzene rings is 1. The zero-order valence-corrected chi connectivity index (χ0v) is 13.5. The first-order valence-corrected chi connectivity index (χ1v) is 8.06. The van der Waals surface area contributed by atoms with Crippen molar-refractivity contribution in [3.63, 3.8) is 0 Å². The highest BCUT2D eigenvalue weighted by atomic mass is 19.4. The lowest BCUT2D eigenvalue weighted by Gasteiger charge is -2.26. The molecule has 1 aliphatic rings. The number of nitrogens with one attached hydrogen (secondary N) is 1. The van der Waals surface area contributed by atoms with Crippen LogP contribution in [0.5, 0.6) is 5.75 Å². The first-order chi connectivity index (χ1) is 11.2. The molecule has 1 unspecified atom stereocenters. The predicted octanol–water partition coefficient (Wildman–Crippen LogP) is 3.50. The molecule has 0 spiro atoms. The summed E-state index contributed by atoms with van der Waals surface area (Å²) in [5, 5.41) is 12.4. The molecule has 134 valence electrons. The molecule has 1 aromatic carbocycles. The van der Waals surface area contributed by atoms with Gasteiger partial charge in [-0.05, 0) is 49.3 Å². The van der Waals surface area contributed by atoms with Gasteiger partial charge in [-0.15, -0.1) is 13.2 Å². The van der Waals surface area contributed by atoms with E-state index in [1.165, 1.54) is 24.3 Å². The van der Waals surface area contributed by atoms with E-state index < -0.39 is 6.36 Å². The Morgan fingerprint density at radius 2 is 1.83 bits per heavy atom. The summed E-state index contributed by atoms with van der Waals surface area (Å²) in [6.07, 6.45) is -1.79. The zero-order chi connectivity index (χ0) is 17.7. The van der Waals surface area contributed by atoms with Gasteiger partial charge in [0, 0.05) is 12.5 Å². The summed E-state index contributed by atoms with van der Waals surface area (Å²) >= 11 is 0. The Hall–Kier alpha value is -1.76. The number of carbonyl (C=O) groups excluding carboxylic acids is 1. The van der Waals surface area contributed by atoms with Crippen molar-refractivity contribution >= 4 is 5.91 Å². The standard InChI is InChI=1S/C17H22F3NO3/c1-11(10-16(23)21-13-4-6-14(22)7-5-13)12-2-8-15(9-3-12)24-17(18,19)20/h2-3,8-9,11,13-14,22H,4-7,10H2,1H3,(H,21,23). The van der Waals surface area contributed by atoms with Crippen LogP contribution in [0.2, 0.25) is 0 Å². The summed E-state index contributed by atoms with van der Waals surface area (Å²) in [6.45, 7) is 1.85. The van der Waals surface area contributed by atoms with Gasteiger partial charge in [-0.1, -0.05) is 19.1 Å². The van der Waals surface area contributed by atoms with Crippen LogP contribution in [0.25, 0.3) is 0 Å². The zero-order valence-electron chi connectivity index (χ0n) is 13.5. The van der Waals surface area contributed by atoms with E-state index >= 15 is 0 Å².